The van der Waals surface area contributed by atoms with Crippen molar-refractivity contribution in [2.45, 2.75) is 0 Å². The van der Waals surface area contributed by atoms with E-state index < -0.39 is 5.97 Å². The molecule has 21 heavy (non-hydrogen) atoms. The van der Waals surface area contributed by atoms with Gasteiger partial charge in [0.25, 0.3) is 0 Å². The number of methoxy groups -OCH3 is 1. The summed E-state index contributed by atoms with van der Waals surface area (Å²) in [4.78, 5) is 10.9. The number of fused-ring (bicyclic) bond motifs is 1. The van der Waals surface area contributed by atoms with Crippen molar-refractivity contribution in [3.63, 3.8) is 0 Å². The van der Waals surface area contributed by atoms with E-state index in [1.807, 2.05) is 12.1 Å². The first-order valence-corrected chi connectivity index (χ1v) is 6.51. The highest BCUT2D eigenvalue weighted by Crippen LogP contribution is 2.45. The summed E-state index contributed by atoms with van der Waals surface area (Å²) in [5, 5.41) is 8.95. The zero-order chi connectivity index (χ0) is 14.8. The van der Waals surface area contributed by atoms with Crippen molar-refractivity contribution in [3.8, 4) is 28.4 Å². The lowest BCUT2D eigenvalue weighted by atomic mass is 10.0. The molecule has 0 aromatic heterocycles. The van der Waals surface area contributed by atoms with Gasteiger partial charge >= 0.3 is 5.97 Å². The maximum Gasteiger partial charge on any atom is 0.335 e. The van der Waals surface area contributed by atoms with Crippen molar-refractivity contribution in [1.29, 1.82) is 0 Å². The van der Waals surface area contributed by atoms with Gasteiger partial charge in [-0.25, -0.2) is 4.79 Å². The fraction of sp³-hybridized carbons (Fsp3) is 0.188. The van der Waals surface area contributed by atoms with Gasteiger partial charge in [0, 0.05) is 5.56 Å². The van der Waals surface area contributed by atoms with Crippen LogP contribution in [0.4, 0.5) is 0 Å². The third kappa shape index (κ3) is 2.38. The van der Waals surface area contributed by atoms with Crippen LogP contribution >= 0.6 is 0 Å². The summed E-state index contributed by atoms with van der Waals surface area (Å²) in [6.07, 6.45) is 0. The van der Waals surface area contributed by atoms with Crippen LogP contribution in [-0.2, 0) is 0 Å². The lowest BCUT2D eigenvalue weighted by Crippen LogP contribution is -2.16. The largest absolute Gasteiger partial charge is 0.493 e. The van der Waals surface area contributed by atoms with Crippen molar-refractivity contribution in [3.05, 3.63) is 42.0 Å². The predicted molar refractivity (Wildman–Crippen MR) is 76.4 cm³/mol. The Morgan fingerprint density at radius 1 is 1.05 bits per heavy atom. The maximum atomic E-state index is 10.9. The Hall–Kier alpha value is -2.69. The third-order valence-electron chi connectivity index (χ3n) is 3.31. The van der Waals surface area contributed by atoms with Crippen LogP contribution in [0.5, 0.6) is 17.2 Å². The molecule has 0 spiro atoms. The van der Waals surface area contributed by atoms with Gasteiger partial charge in [0.2, 0.25) is 5.75 Å². The summed E-state index contributed by atoms with van der Waals surface area (Å²) < 4.78 is 16.6. The molecule has 1 N–H and O–H groups in total. The molecule has 0 bridgehead atoms. The summed E-state index contributed by atoms with van der Waals surface area (Å²) in [7, 11) is 1.58. The highest BCUT2D eigenvalue weighted by Gasteiger charge is 2.21. The zero-order valence-corrected chi connectivity index (χ0v) is 11.5. The van der Waals surface area contributed by atoms with E-state index in [0.717, 1.165) is 11.1 Å². The summed E-state index contributed by atoms with van der Waals surface area (Å²) in [6, 6.07) is 10.3. The minimum atomic E-state index is -0.946. The second kappa shape index (κ2) is 5.36. The molecule has 0 amide bonds. The second-order valence-electron chi connectivity index (χ2n) is 4.55. The SMILES string of the molecule is COc1ccc(-c2ccc(C(=O)O)cc2)c2c1OCCO2. The molecule has 0 unspecified atom stereocenters. The number of carboxylic acids is 1. The van der Waals surface area contributed by atoms with Crippen LogP contribution < -0.4 is 14.2 Å². The normalized spacial score (nSPS) is 12.8. The minimum absolute atomic E-state index is 0.248. The summed E-state index contributed by atoms with van der Waals surface area (Å²) >= 11 is 0. The molecule has 0 saturated carbocycles. The van der Waals surface area contributed by atoms with Gasteiger partial charge in [-0.2, -0.15) is 0 Å². The molecule has 5 nitrogen and oxygen atoms in total. The van der Waals surface area contributed by atoms with Crippen LogP contribution in [0.15, 0.2) is 36.4 Å². The molecule has 3 rings (SSSR count). The first-order valence-electron chi connectivity index (χ1n) is 6.51. The first kappa shape index (κ1) is 13.3. The van der Waals surface area contributed by atoms with Gasteiger partial charge in [-0.3, -0.25) is 0 Å². The van der Waals surface area contributed by atoms with E-state index >= 15 is 0 Å². The van der Waals surface area contributed by atoms with Crippen LogP contribution in [0, 0.1) is 0 Å². The lowest BCUT2D eigenvalue weighted by molar-refractivity contribution is 0.0697. The lowest BCUT2D eigenvalue weighted by Gasteiger charge is -2.23. The molecule has 5 heteroatoms. The first-order chi connectivity index (χ1) is 10.2. The van der Waals surface area contributed by atoms with Crippen molar-refractivity contribution >= 4 is 5.97 Å². The van der Waals surface area contributed by atoms with Gasteiger partial charge in [-0.1, -0.05) is 12.1 Å². The summed E-state index contributed by atoms with van der Waals surface area (Å²) in [6.45, 7) is 0.950. The second-order valence-corrected chi connectivity index (χ2v) is 4.55. The van der Waals surface area contributed by atoms with Gasteiger partial charge in [-0.15, -0.1) is 0 Å². The fourth-order valence-electron chi connectivity index (χ4n) is 2.29. The quantitative estimate of drug-likeness (QED) is 0.940. The van der Waals surface area contributed by atoms with E-state index in [4.69, 9.17) is 19.3 Å². The zero-order valence-electron chi connectivity index (χ0n) is 11.5. The van der Waals surface area contributed by atoms with E-state index in [0.29, 0.717) is 30.5 Å². The van der Waals surface area contributed by atoms with E-state index in [1.165, 1.54) is 0 Å². The van der Waals surface area contributed by atoms with Crippen molar-refractivity contribution < 1.29 is 24.1 Å². The third-order valence-corrected chi connectivity index (χ3v) is 3.31. The molecule has 1 aliphatic heterocycles. The number of aromatic carboxylic acids is 1. The number of benzene rings is 2. The molecule has 2 aromatic carbocycles. The average molecular weight is 286 g/mol. The number of carbonyl (C=O) groups is 1. The highest BCUT2D eigenvalue weighted by molar-refractivity contribution is 5.88. The molecule has 108 valence electrons. The summed E-state index contributed by atoms with van der Waals surface area (Å²) in [5.41, 5.74) is 1.96. The number of hydrogen-bond acceptors (Lipinski definition) is 4. The molecule has 2 aromatic rings. The van der Waals surface area contributed by atoms with Crippen LogP contribution in [0.1, 0.15) is 10.4 Å². The fourth-order valence-corrected chi connectivity index (χ4v) is 2.29. The molecule has 0 atom stereocenters. The molecular formula is C16H14O5. The van der Waals surface area contributed by atoms with Gasteiger partial charge < -0.3 is 19.3 Å². The van der Waals surface area contributed by atoms with Gasteiger partial charge in [0.05, 0.1) is 12.7 Å². The minimum Gasteiger partial charge on any atom is -0.493 e. The van der Waals surface area contributed by atoms with Crippen LogP contribution in [0.2, 0.25) is 0 Å². The van der Waals surface area contributed by atoms with Gasteiger partial charge in [0.1, 0.15) is 13.2 Å². The predicted octanol–water partition coefficient (Wildman–Crippen LogP) is 2.83. The smallest absolute Gasteiger partial charge is 0.335 e. The molecule has 1 heterocycles. The Balaban J connectivity index is 2.08. The molecular weight excluding hydrogens is 272 g/mol. The topological polar surface area (TPSA) is 65.0 Å². The van der Waals surface area contributed by atoms with Crippen molar-refractivity contribution in [2.24, 2.45) is 0 Å². The number of ether oxygens (including phenoxy) is 3. The number of carboxylic acid groups (broad SMARTS) is 1. The Bertz CT molecular complexity index is 676. The van der Waals surface area contributed by atoms with Gasteiger partial charge in [0.15, 0.2) is 11.5 Å². The standard InChI is InChI=1S/C16H14O5/c1-19-13-7-6-12(14-15(13)21-9-8-20-14)10-2-4-11(5-3-10)16(17)18/h2-7H,8-9H2,1H3,(H,17,18). The van der Waals surface area contributed by atoms with E-state index in [1.54, 1.807) is 31.4 Å². The Morgan fingerprint density at radius 2 is 1.71 bits per heavy atom. The molecule has 0 fully saturated rings. The van der Waals surface area contributed by atoms with E-state index in [2.05, 4.69) is 0 Å². The monoisotopic (exact) mass is 286 g/mol. The number of hydrogen-bond donors (Lipinski definition) is 1. The van der Waals surface area contributed by atoms with Crippen LogP contribution in [-0.4, -0.2) is 31.4 Å². The highest BCUT2D eigenvalue weighted by atomic mass is 16.6. The Morgan fingerprint density at radius 3 is 2.33 bits per heavy atom. The van der Waals surface area contributed by atoms with Crippen LogP contribution in [0.3, 0.4) is 0 Å². The van der Waals surface area contributed by atoms with Crippen molar-refractivity contribution in [2.75, 3.05) is 20.3 Å². The maximum absolute atomic E-state index is 10.9. The summed E-state index contributed by atoms with van der Waals surface area (Å²) in [5.74, 6) is 0.890. The molecule has 0 radical (unpaired) electrons. The van der Waals surface area contributed by atoms with E-state index in [-0.39, 0.29) is 5.56 Å². The molecule has 1 aliphatic rings. The average Bonchev–Trinajstić information content (AvgIpc) is 2.54. The molecule has 0 aliphatic carbocycles. The van der Waals surface area contributed by atoms with Crippen molar-refractivity contribution in [1.82, 2.24) is 0 Å². The van der Waals surface area contributed by atoms with Crippen LogP contribution in [0.25, 0.3) is 11.1 Å². The Kier molecular flexibility index (Phi) is 3.39. The number of rotatable bonds is 3. The Labute approximate surface area is 121 Å². The van der Waals surface area contributed by atoms with E-state index in [9.17, 15) is 4.79 Å². The van der Waals surface area contributed by atoms with Gasteiger partial charge in [-0.05, 0) is 29.8 Å². The molecule has 0 saturated heterocycles.